The number of nitrogens with zero attached hydrogens (tertiary/aromatic N) is 1. The number of hydrogen-bond acceptors (Lipinski definition) is 4. The van der Waals surface area contributed by atoms with Crippen LogP contribution < -0.4 is 9.47 Å². The summed E-state index contributed by atoms with van der Waals surface area (Å²) >= 11 is 23.5. The van der Waals surface area contributed by atoms with Crippen LogP contribution in [0.2, 0.25) is 10.0 Å². The molecular weight excluding hydrogens is 456 g/mol. The molecule has 0 N–H and O–H groups in total. The van der Waals surface area contributed by atoms with E-state index in [9.17, 15) is 0 Å². The fourth-order valence-corrected chi connectivity index (χ4v) is 2.97. The van der Waals surface area contributed by atoms with Crippen LogP contribution in [0, 0.1) is 0 Å². The van der Waals surface area contributed by atoms with E-state index in [1.165, 1.54) is 6.08 Å². The van der Waals surface area contributed by atoms with Crippen LogP contribution >= 0.6 is 46.4 Å². The van der Waals surface area contributed by atoms with E-state index in [1.54, 1.807) is 18.3 Å². The number of unbranched alkanes of at least 4 members (excludes halogenated alkanes) is 2. The Morgan fingerprint density at radius 3 is 2.28 bits per heavy atom. The Morgan fingerprint density at radius 2 is 1.59 bits per heavy atom. The minimum atomic E-state index is 0.135. The molecule has 0 atom stereocenters. The zero-order chi connectivity index (χ0) is 20.9. The number of rotatable bonds is 12. The fourth-order valence-electron chi connectivity index (χ4n) is 2.27. The molecule has 0 aliphatic heterocycles. The van der Waals surface area contributed by atoms with Gasteiger partial charge in [0.25, 0.3) is 0 Å². The highest BCUT2D eigenvalue weighted by atomic mass is 35.5. The molecule has 0 spiro atoms. The van der Waals surface area contributed by atoms with Crippen LogP contribution in [0.3, 0.4) is 0 Å². The number of ether oxygens (including phenoxy) is 2. The van der Waals surface area contributed by atoms with Crippen LogP contribution in [0.4, 0.5) is 0 Å². The Morgan fingerprint density at radius 1 is 0.897 bits per heavy atom. The van der Waals surface area contributed by atoms with E-state index in [4.69, 9.17) is 60.7 Å². The molecule has 0 saturated carbocycles. The van der Waals surface area contributed by atoms with Gasteiger partial charge in [0.1, 0.15) is 23.5 Å². The third-order valence-corrected chi connectivity index (χ3v) is 4.53. The molecule has 4 nitrogen and oxygen atoms in total. The standard InChI is InChI=1S/C21H21Cl4NO3/c22-18-13-17(27-12-9-20(24)25)14-19(23)21(18)28-10-5-2-6-11-29-26-15-16-7-3-1-4-8-16/h1,3-4,7-9,13-15H,2,5-6,10-12H2. The van der Waals surface area contributed by atoms with Gasteiger partial charge in [0.2, 0.25) is 0 Å². The summed E-state index contributed by atoms with van der Waals surface area (Å²) in [5.74, 6) is 0.946. The van der Waals surface area contributed by atoms with Crippen molar-refractivity contribution in [1.29, 1.82) is 0 Å². The normalized spacial score (nSPS) is 10.8. The minimum Gasteiger partial charge on any atom is -0.490 e. The maximum Gasteiger partial charge on any atom is 0.156 e. The molecule has 156 valence electrons. The van der Waals surface area contributed by atoms with Crippen LogP contribution in [0.5, 0.6) is 11.5 Å². The van der Waals surface area contributed by atoms with E-state index in [1.807, 2.05) is 30.3 Å². The summed E-state index contributed by atoms with van der Waals surface area (Å²) in [4.78, 5) is 5.25. The molecule has 0 aliphatic rings. The summed E-state index contributed by atoms with van der Waals surface area (Å²) in [6.45, 7) is 1.27. The first kappa shape index (κ1) is 23.7. The molecule has 2 rings (SSSR count). The minimum absolute atomic E-state index is 0.135. The molecule has 29 heavy (non-hydrogen) atoms. The zero-order valence-corrected chi connectivity index (χ0v) is 18.6. The van der Waals surface area contributed by atoms with Gasteiger partial charge in [-0.1, -0.05) is 81.9 Å². The van der Waals surface area contributed by atoms with Gasteiger partial charge in [0.05, 0.1) is 22.9 Å². The van der Waals surface area contributed by atoms with Crippen molar-refractivity contribution in [1.82, 2.24) is 0 Å². The lowest BCUT2D eigenvalue weighted by Crippen LogP contribution is -2.00. The van der Waals surface area contributed by atoms with Crippen molar-refractivity contribution in [2.75, 3.05) is 19.8 Å². The van der Waals surface area contributed by atoms with Gasteiger partial charge in [-0.15, -0.1) is 0 Å². The summed E-state index contributed by atoms with van der Waals surface area (Å²) in [7, 11) is 0. The average Bonchev–Trinajstić information content (AvgIpc) is 2.69. The van der Waals surface area contributed by atoms with Crippen molar-refractivity contribution in [3.05, 3.63) is 68.6 Å². The quantitative estimate of drug-likeness (QED) is 0.183. The van der Waals surface area contributed by atoms with Crippen molar-refractivity contribution < 1.29 is 14.3 Å². The van der Waals surface area contributed by atoms with Crippen LogP contribution in [-0.4, -0.2) is 26.0 Å². The summed E-state index contributed by atoms with van der Waals surface area (Å²) < 4.78 is 11.3. The largest absolute Gasteiger partial charge is 0.490 e. The number of hydrogen-bond donors (Lipinski definition) is 0. The molecule has 0 aromatic heterocycles. The highest BCUT2D eigenvalue weighted by molar-refractivity contribution is 6.55. The maximum atomic E-state index is 6.23. The second-order valence-corrected chi connectivity index (χ2v) is 7.73. The monoisotopic (exact) mass is 475 g/mol. The second kappa shape index (κ2) is 13.6. The lowest BCUT2D eigenvalue weighted by molar-refractivity contribution is 0.140. The van der Waals surface area contributed by atoms with Crippen LogP contribution in [-0.2, 0) is 4.84 Å². The average molecular weight is 477 g/mol. The van der Waals surface area contributed by atoms with Gasteiger partial charge in [0, 0.05) is 12.1 Å². The van der Waals surface area contributed by atoms with Gasteiger partial charge < -0.3 is 14.3 Å². The molecule has 0 bridgehead atoms. The highest BCUT2D eigenvalue weighted by Gasteiger charge is 2.10. The third kappa shape index (κ3) is 9.64. The van der Waals surface area contributed by atoms with Crippen LogP contribution in [0.15, 0.2) is 58.2 Å². The molecule has 0 radical (unpaired) electrons. The Kier molecular flexibility index (Phi) is 11.1. The first-order valence-corrected chi connectivity index (χ1v) is 10.5. The molecule has 2 aromatic rings. The van der Waals surface area contributed by atoms with E-state index in [2.05, 4.69) is 5.16 Å². The fraction of sp³-hybridized carbons (Fsp3) is 0.286. The van der Waals surface area contributed by atoms with Gasteiger partial charge in [0.15, 0.2) is 5.75 Å². The van der Waals surface area contributed by atoms with Gasteiger partial charge in [-0.25, -0.2) is 0 Å². The SMILES string of the molecule is ClC(Cl)=CCOc1cc(Cl)c(OCCCCCON=Cc2ccccc2)c(Cl)c1. The molecule has 2 aromatic carbocycles. The smallest absolute Gasteiger partial charge is 0.156 e. The van der Waals surface area contributed by atoms with E-state index < -0.39 is 0 Å². The molecule has 0 aliphatic carbocycles. The molecular formula is C21H21Cl4NO3. The molecule has 0 heterocycles. The number of oxime groups is 1. The second-order valence-electron chi connectivity index (χ2n) is 5.91. The third-order valence-electron chi connectivity index (χ3n) is 3.66. The molecule has 0 amide bonds. The zero-order valence-electron chi connectivity index (χ0n) is 15.6. The summed E-state index contributed by atoms with van der Waals surface area (Å²) in [5.41, 5.74) is 1.00. The van der Waals surface area contributed by atoms with Crippen LogP contribution in [0.25, 0.3) is 0 Å². The lowest BCUT2D eigenvalue weighted by atomic mass is 10.2. The van der Waals surface area contributed by atoms with Gasteiger partial charge in [-0.2, -0.15) is 0 Å². The topological polar surface area (TPSA) is 40.0 Å². The van der Waals surface area contributed by atoms with Crippen molar-refractivity contribution in [2.45, 2.75) is 19.3 Å². The predicted molar refractivity (Wildman–Crippen MR) is 121 cm³/mol. The van der Waals surface area contributed by atoms with Crippen molar-refractivity contribution in [2.24, 2.45) is 5.16 Å². The van der Waals surface area contributed by atoms with E-state index in [-0.39, 0.29) is 11.1 Å². The molecule has 0 saturated heterocycles. The van der Waals surface area contributed by atoms with E-state index in [0.29, 0.717) is 34.8 Å². The predicted octanol–water partition coefficient (Wildman–Crippen LogP) is 7.29. The van der Waals surface area contributed by atoms with E-state index >= 15 is 0 Å². The van der Waals surface area contributed by atoms with Crippen molar-refractivity contribution in [3.8, 4) is 11.5 Å². The molecule has 0 fully saturated rings. The summed E-state index contributed by atoms with van der Waals surface area (Å²) in [6.07, 6.45) is 5.87. The Hall–Kier alpha value is -1.59. The highest BCUT2D eigenvalue weighted by Crippen LogP contribution is 2.37. The summed E-state index contributed by atoms with van der Waals surface area (Å²) in [5, 5.41) is 4.71. The number of benzene rings is 2. The van der Waals surface area contributed by atoms with Crippen molar-refractivity contribution in [3.63, 3.8) is 0 Å². The molecule has 8 heteroatoms. The molecule has 0 unspecified atom stereocenters. The first-order chi connectivity index (χ1) is 14.1. The van der Waals surface area contributed by atoms with Gasteiger partial charge in [-0.3, -0.25) is 0 Å². The Labute approximate surface area is 190 Å². The lowest BCUT2D eigenvalue weighted by Gasteiger charge is -2.12. The Bertz CT molecular complexity index is 786. The van der Waals surface area contributed by atoms with Crippen molar-refractivity contribution >= 4 is 52.6 Å². The first-order valence-electron chi connectivity index (χ1n) is 9.02. The Balaban J connectivity index is 1.63. The van der Waals surface area contributed by atoms with E-state index in [0.717, 1.165) is 24.8 Å². The summed E-state index contributed by atoms with van der Waals surface area (Å²) in [6, 6.07) is 13.1. The van der Waals surface area contributed by atoms with Crippen LogP contribution in [0.1, 0.15) is 24.8 Å². The number of halogens is 4. The maximum absolute atomic E-state index is 6.23. The van der Waals surface area contributed by atoms with Gasteiger partial charge in [-0.05, 0) is 30.9 Å². The van der Waals surface area contributed by atoms with Gasteiger partial charge >= 0.3 is 0 Å².